The van der Waals surface area contributed by atoms with E-state index in [4.69, 9.17) is 0 Å². The summed E-state index contributed by atoms with van der Waals surface area (Å²) in [6, 6.07) is 8.69. The van der Waals surface area contributed by atoms with Crippen LogP contribution in [0.1, 0.15) is 36.4 Å². The minimum absolute atomic E-state index is 0.116. The van der Waals surface area contributed by atoms with Crippen LogP contribution in [0.15, 0.2) is 35.8 Å². The van der Waals surface area contributed by atoms with Gasteiger partial charge in [-0.05, 0) is 31.4 Å². The van der Waals surface area contributed by atoms with Gasteiger partial charge in [-0.2, -0.15) is 0 Å². The van der Waals surface area contributed by atoms with Crippen LogP contribution in [0.4, 0.5) is 5.69 Å². The van der Waals surface area contributed by atoms with Crippen molar-refractivity contribution in [1.29, 1.82) is 0 Å². The lowest BCUT2D eigenvalue weighted by molar-refractivity contribution is 0.0793. The molecule has 1 aromatic heterocycles. The molecule has 1 aliphatic heterocycles. The van der Waals surface area contributed by atoms with Crippen molar-refractivity contribution in [2.75, 3.05) is 18.4 Å². The molecule has 118 valence electrons. The summed E-state index contributed by atoms with van der Waals surface area (Å²) in [5.74, 6) is 0. The number of nitrogens with zero attached hydrogens (tertiary/aromatic N) is 2. The van der Waals surface area contributed by atoms with E-state index in [-0.39, 0.29) is 12.1 Å². The van der Waals surface area contributed by atoms with E-state index in [0.717, 1.165) is 37.5 Å². The lowest BCUT2D eigenvalue weighted by atomic mass is 10.1. The molecule has 2 N–H and O–H groups in total. The molecule has 1 unspecified atom stereocenters. The monoisotopic (exact) mass is 317 g/mol. The smallest absolute Gasteiger partial charge is 0.115 e. The molecule has 0 bridgehead atoms. The molecule has 1 aromatic carbocycles. The number of aromatic nitrogens is 1. The molecule has 1 atom stereocenters. The molecular formula is C17H23N3OS. The molecule has 4 nitrogen and oxygen atoms in total. The maximum atomic E-state index is 9.63. The average Bonchev–Trinajstić information content (AvgIpc) is 3.06. The molecule has 0 radical (unpaired) electrons. The Kier molecular flexibility index (Phi) is 5.08. The average molecular weight is 317 g/mol. The van der Waals surface area contributed by atoms with E-state index in [1.54, 1.807) is 11.3 Å². The Hall–Kier alpha value is -1.43. The van der Waals surface area contributed by atoms with Crippen molar-refractivity contribution in [3.05, 3.63) is 46.4 Å². The predicted octanol–water partition coefficient (Wildman–Crippen LogP) is 3.27. The van der Waals surface area contributed by atoms with Crippen LogP contribution >= 0.6 is 11.3 Å². The van der Waals surface area contributed by atoms with Gasteiger partial charge in [0, 0.05) is 36.9 Å². The van der Waals surface area contributed by atoms with Gasteiger partial charge >= 0.3 is 0 Å². The summed E-state index contributed by atoms with van der Waals surface area (Å²) in [4.78, 5) is 6.80. The van der Waals surface area contributed by atoms with Gasteiger partial charge in [-0.15, -0.1) is 11.3 Å². The number of rotatable bonds is 5. The fourth-order valence-corrected chi connectivity index (χ4v) is 3.51. The second-order valence-corrected chi connectivity index (χ2v) is 6.83. The van der Waals surface area contributed by atoms with E-state index >= 15 is 0 Å². The molecule has 0 spiro atoms. The van der Waals surface area contributed by atoms with Crippen LogP contribution in [0.5, 0.6) is 0 Å². The van der Waals surface area contributed by atoms with Crippen LogP contribution in [0, 0.1) is 0 Å². The van der Waals surface area contributed by atoms with Gasteiger partial charge in [-0.25, -0.2) is 4.98 Å². The lowest BCUT2D eigenvalue weighted by Crippen LogP contribution is -2.35. The van der Waals surface area contributed by atoms with Gasteiger partial charge in [-0.3, -0.25) is 4.90 Å². The fraction of sp³-hybridized carbons (Fsp3) is 0.471. The SMILES string of the molecule is CC(Nc1ccccc1CN1CCC(O)CC1)c1nccs1. The van der Waals surface area contributed by atoms with Crippen LogP contribution in [-0.4, -0.2) is 34.2 Å². The highest BCUT2D eigenvalue weighted by Gasteiger charge is 2.18. The summed E-state index contributed by atoms with van der Waals surface area (Å²) in [6.07, 6.45) is 3.49. The Bertz CT molecular complexity index is 579. The number of aliphatic hydroxyl groups excluding tert-OH is 1. The summed E-state index contributed by atoms with van der Waals surface area (Å²) in [7, 11) is 0. The third-order valence-corrected chi connectivity index (χ3v) is 5.12. The molecule has 0 saturated carbocycles. The first kappa shape index (κ1) is 15.5. The van der Waals surface area contributed by atoms with Crippen molar-refractivity contribution in [3.63, 3.8) is 0 Å². The van der Waals surface area contributed by atoms with Gasteiger partial charge in [0.15, 0.2) is 0 Å². The molecule has 3 rings (SSSR count). The highest BCUT2D eigenvalue weighted by Crippen LogP contribution is 2.25. The summed E-state index contributed by atoms with van der Waals surface area (Å²) in [5.41, 5.74) is 2.48. The number of piperidine rings is 1. The van der Waals surface area contributed by atoms with Gasteiger partial charge in [-0.1, -0.05) is 18.2 Å². The van der Waals surface area contributed by atoms with Gasteiger partial charge in [0.1, 0.15) is 5.01 Å². The maximum Gasteiger partial charge on any atom is 0.115 e. The van der Waals surface area contributed by atoms with Gasteiger partial charge in [0.2, 0.25) is 0 Å². The van der Waals surface area contributed by atoms with Crippen molar-refractivity contribution >= 4 is 17.0 Å². The second-order valence-electron chi connectivity index (χ2n) is 5.90. The van der Waals surface area contributed by atoms with Crippen molar-refractivity contribution in [2.45, 2.75) is 38.5 Å². The van der Waals surface area contributed by atoms with Crippen LogP contribution in [0.2, 0.25) is 0 Å². The molecule has 0 aliphatic carbocycles. The van der Waals surface area contributed by atoms with E-state index in [1.807, 2.05) is 11.6 Å². The molecule has 2 heterocycles. The molecule has 5 heteroatoms. The molecule has 1 fully saturated rings. The number of hydrogen-bond donors (Lipinski definition) is 2. The third kappa shape index (κ3) is 3.85. The molecular weight excluding hydrogens is 294 g/mol. The minimum atomic E-state index is -0.116. The number of benzene rings is 1. The van der Waals surface area contributed by atoms with E-state index in [2.05, 4.69) is 46.4 Å². The van der Waals surface area contributed by atoms with Crippen molar-refractivity contribution in [3.8, 4) is 0 Å². The standard InChI is InChI=1S/C17H23N3OS/c1-13(17-18-8-11-22-17)19-16-5-3-2-4-14(16)12-20-9-6-15(21)7-10-20/h2-5,8,11,13,15,19,21H,6-7,9-10,12H2,1H3. The maximum absolute atomic E-state index is 9.63. The minimum Gasteiger partial charge on any atom is -0.393 e. The van der Waals surface area contributed by atoms with Crippen LogP contribution < -0.4 is 5.32 Å². The number of para-hydroxylation sites is 1. The summed E-state index contributed by atoms with van der Waals surface area (Å²) in [6.45, 7) is 5.02. The van der Waals surface area contributed by atoms with E-state index < -0.39 is 0 Å². The van der Waals surface area contributed by atoms with Crippen LogP contribution in [-0.2, 0) is 6.54 Å². The summed E-state index contributed by atoms with van der Waals surface area (Å²) < 4.78 is 0. The first-order valence-corrected chi connectivity index (χ1v) is 8.74. The van der Waals surface area contributed by atoms with Gasteiger partial charge in [0.05, 0.1) is 12.1 Å². The zero-order chi connectivity index (χ0) is 15.4. The van der Waals surface area contributed by atoms with Crippen molar-refractivity contribution < 1.29 is 5.11 Å². The van der Waals surface area contributed by atoms with E-state index in [0.29, 0.717) is 0 Å². The summed E-state index contributed by atoms with van der Waals surface area (Å²) >= 11 is 1.68. The number of hydrogen-bond acceptors (Lipinski definition) is 5. The first-order valence-electron chi connectivity index (χ1n) is 7.86. The Labute approximate surface area is 135 Å². The third-order valence-electron chi connectivity index (χ3n) is 4.16. The van der Waals surface area contributed by atoms with Crippen LogP contribution in [0.25, 0.3) is 0 Å². The Morgan fingerprint density at radius 1 is 1.36 bits per heavy atom. The number of anilines is 1. The first-order chi connectivity index (χ1) is 10.7. The number of aliphatic hydroxyl groups is 1. The van der Waals surface area contributed by atoms with Gasteiger partial charge in [0.25, 0.3) is 0 Å². The van der Waals surface area contributed by atoms with Crippen molar-refractivity contribution in [2.24, 2.45) is 0 Å². The zero-order valence-electron chi connectivity index (χ0n) is 12.9. The second kappa shape index (κ2) is 7.22. The highest BCUT2D eigenvalue weighted by atomic mass is 32.1. The van der Waals surface area contributed by atoms with E-state index in [9.17, 15) is 5.11 Å². The molecule has 0 amide bonds. The normalized spacial score (nSPS) is 18.3. The molecule has 1 saturated heterocycles. The fourth-order valence-electron chi connectivity index (χ4n) is 2.86. The number of thiazole rings is 1. The highest BCUT2D eigenvalue weighted by molar-refractivity contribution is 7.09. The Balaban J connectivity index is 1.67. The number of likely N-dealkylation sites (tertiary alicyclic amines) is 1. The van der Waals surface area contributed by atoms with Gasteiger partial charge < -0.3 is 10.4 Å². The van der Waals surface area contributed by atoms with Crippen LogP contribution in [0.3, 0.4) is 0 Å². The lowest BCUT2D eigenvalue weighted by Gasteiger charge is -2.30. The van der Waals surface area contributed by atoms with Crippen molar-refractivity contribution in [1.82, 2.24) is 9.88 Å². The Morgan fingerprint density at radius 2 is 2.14 bits per heavy atom. The number of nitrogens with one attached hydrogen (secondary N) is 1. The summed E-state index contributed by atoms with van der Waals surface area (Å²) in [5, 5.41) is 16.3. The molecule has 2 aromatic rings. The molecule has 22 heavy (non-hydrogen) atoms. The van der Waals surface area contributed by atoms with E-state index in [1.165, 1.54) is 11.3 Å². The quantitative estimate of drug-likeness (QED) is 0.888. The Morgan fingerprint density at radius 3 is 2.86 bits per heavy atom. The largest absolute Gasteiger partial charge is 0.393 e. The molecule has 1 aliphatic rings. The zero-order valence-corrected chi connectivity index (χ0v) is 13.7. The predicted molar refractivity (Wildman–Crippen MR) is 91.1 cm³/mol. The topological polar surface area (TPSA) is 48.4 Å².